The first-order valence-corrected chi connectivity index (χ1v) is 7.48. The summed E-state index contributed by atoms with van der Waals surface area (Å²) < 4.78 is 5.59. The Kier molecular flexibility index (Phi) is 5.60. The zero-order valence-electron chi connectivity index (χ0n) is 12.2. The first kappa shape index (κ1) is 15.4. The third-order valence-corrected chi connectivity index (χ3v) is 3.56. The highest BCUT2D eigenvalue weighted by Gasteiger charge is 2.24. The highest BCUT2D eigenvalue weighted by Crippen LogP contribution is 2.15. The molecule has 1 saturated heterocycles. The second kappa shape index (κ2) is 7.67. The van der Waals surface area contributed by atoms with Gasteiger partial charge in [-0.1, -0.05) is 0 Å². The second-order valence-electron chi connectivity index (χ2n) is 5.27. The molecule has 0 unspecified atom stereocenters. The number of anilines is 1. The van der Waals surface area contributed by atoms with E-state index < -0.39 is 0 Å². The van der Waals surface area contributed by atoms with E-state index in [1.54, 1.807) is 0 Å². The van der Waals surface area contributed by atoms with Gasteiger partial charge < -0.3 is 10.5 Å². The zero-order chi connectivity index (χ0) is 15.1. The van der Waals surface area contributed by atoms with Crippen LogP contribution in [0, 0.1) is 0 Å². The van der Waals surface area contributed by atoms with Crippen LogP contribution in [0.4, 0.5) is 5.69 Å². The minimum absolute atomic E-state index is 0.0237. The van der Waals surface area contributed by atoms with Gasteiger partial charge in [-0.25, -0.2) is 0 Å². The lowest BCUT2D eigenvalue weighted by atomic mass is 10.1. The van der Waals surface area contributed by atoms with Crippen LogP contribution in [-0.4, -0.2) is 29.9 Å². The van der Waals surface area contributed by atoms with Gasteiger partial charge in [0, 0.05) is 25.1 Å². The van der Waals surface area contributed by atoms with Crippen LogP contribution >= 0.6 is 0 Å². The lowest BCUT2D eigenvalue weighted by molar-refractivity contribution is -0.147. The van der Waals surface area contributed by atoms with Crippen molar-refractivity contribution in [2.45, 2.75) is 38.5 Å². The number of benzene rings is 1. The normalized spacial score (nSPS) is 15.3. The molecule has 5 heteroatoms. The number of carbonyl (C=O) groups is 2. The van der Waals surface area contributed by atoms with E-state index in [1.165, 1.54) is 4.90 Å². The third-order valence-electron chi connectivity index (χ3n) is 3.56. The Balaban J connectivity index is 1.58. The first-order chi connectivity index (χ1) is 10.2. The van der Waals surface area contributed by atoms with Gasteiger partial charge in [-0.3, -0.25) is 14.5 Å². The van der Waals surface area contributed by atoms with Gasteiger partial charge in [-0.15, -0.1) is 0 Å². The number of carbonyl (C=O) groups excluding carboxylic acids is 2. The fourth-order valence-corrected chi connectivity index (χ4v) is 2.35. The maximum atomic E-state index is 11.6. The average molecular weight is 290 g/mol. The van der Waals surface area contributed by atoms with Crippen LogP contribution in [0.15, 0.2) is 24.3 Å². The number of nitrogens with zero attached hydrogens (tertiary/aromatic N) is 1. The average Bonchev–Trinajstić information content (AvgIpc) is 2.47. The molecule has 1 heterocycles. The van der Waals surface area contributed by atoms with E-state index in [9.17, 15) is 9.59 Å². The maximum Gasteiger partial charge on any atom is 0.229 e. The molecule has 2 amide bonds. The molecule has 0 aliphatic carbocycles. The number of likely N-dealkylation sites (tertiary alicyclic amines) is 1. The zero-order valence-corrected chi connectivity index (χ0v) is 12.2. The van der Waals surface area contributed by atoms with Crippen LogP contribution in [0.2, 0.25) is 0 Å². The predicted molar refractivity (Wildman–Crippen MR) is 80.8 cm³/mol. The molecule has 1 aromatic rings. The van der Waals surface area contributed by atoms with E-state index >= 15 is 0 Å². The van der Waals surface area contributed by atoms with Crippen molar-refractivity contribution in [3.8, 4) is 5.75 Å². The molecule has 1 aliphatic heterocycles. The summed E-state index contributed by atoms with van der Waals surface area (Å²) in [5.41, 5.74) is 6.32. The highest BCUT2D eigenvalue weighted by molar-refractivity contribution is 5.97. The van der Waals surface area contributed by atoms with E-state index in [0.717, 1.165) is 30.7 Å². The molecular formula is C16H22N2O3. The van der Waals surface area contributed by atoms with Gasteiger partial charge in [0.05, 0.1) is 6.61 Å². The van der Waals surface area contributed by atoms with Gasteiger partial charge in [0.2, 0.25) is 11.8 Å². The summed E-state index contributed by atoms with van der Waals surface area (Å²) in [7, 11) is 0. The number of hydrogen-bond donors (Lipinski definition) is 1. The largest absolute Gasteiger partial charge is 0.494 e. The molecule has 1 fully saturated rings. The Morgan fingerprint density at radius 2 is 1.67 bits per heavy atom. The molecule has 21 heavy (non-hydrogen) atoms. The first-order valence-electron chi connectivity index (χ1n) is 7.48. The summed E-state index contributed by atoms with van der Waals surface area (Å²) in [6.07, 6.45) is 4.39. The molecular weight excluding hydrogens is 268 g/mol. The molecule has 1 aromatic carbocycles. The van der Waals surface area contributed by atoms with Crippen LogP contribution in [0.25, 0.3) is 0 Å². The molecule has 0 atom stereocenters. The summed E-state index contributed by atoms with van der Waals surface area (Å²) in [4.78, 5) is 24.6. The number of unbranched alkanes of at least 4 members (excludes halogenated alkanes) is 2. The standard InChI is InChI=1S/C16H22N2O3/c17-13-7-9-14(10-8-13)21-12-3-1-2-11-18-15(19)5-4-6-16(18)20/h7-10H,1-6,11-12,17H2. The van der Waals surface area contributed by atoms with E-state index in [4.69, 9.17) is 10.5 Å². The monoisotopic (exact) mass is 290 g/mol. The van der Waals surface area contributed by atoms with Crippen LogP contribution in [0.3, 0.4) is 0 Å². The van der Waals surface area contributed by atoms with Crippen molar-refractivity contribution in [2.75, 3.05) is 18.9 Å². The minimum atomic E-state index is -0.0237. The van der Waals surface area contributed by atoms with Crippen molar-refractivity contribution >= 4 is 17.5 Å². The lowest BCUT2D eigenvalue weighted by Crippen LogP contribution is -2.40. The van der Waals surface area contributed by atoms with E-state index in [2.05, 4.69) is 0 Å². The number of nitrogen functional groups attached to an aromatic ring is 1. The van der Waals surface area contributed by atoms with Crippen LogP contribution in [-0.2, 0) is 9.59 Å². The van der Waals surface area contributed by atoms with Crippen molar-refractivity contribution in [1.29, 1.82) is 0 Å². The number of hydrogen-bond acceptors (Lipinski definition) is 4. The molecule has 0 radical (unpaired) electrons. The molecule has 0 bridgehead atoms. The lowest BCUT2D eigenvalue weighted by Gasteiger charge is -2.24. The van der Waals surface area contributed by atoms with Crippen molar-refractivity contribution in [2.24, 2.45) is 0 Å². The van der Waals surface area contributed by atoms with Gasteiger partial charge in [-0.05, 0) is 49.9 Å². The van der Waals surface area contributed by atoms with Crippen molar-refractivity contribution < 1.29 is 14.3 Å². The molecule has 5 nitrogen and oxygen atoms in total. The number of nitrogens with two attached hydrogens (primary N) is 1. The molecule has 0 saturated carbocycles. The Labute approximate surface area is 125 Å². The SMILES string of the molecule is Nc1ccc(OCCCCCN2C(=O)CCCC2=O)cc1. The maximum absolute atomic E-state index is 11.6. The van der Waals surface area contributed by atoms with Gasteiger partial charge in [0.1, 0.15) is 5.75 Å². The van der Waals surface area contributed by atoms with Crippen molar-refractivity contribution in [3.63, 3.8) is 0 Å². The predicted octanol–water partition coefficient (Wildman–Crippen LogP) is 2.36. The quantitative estimate of drug-likeness (QED) is 0.475. The molecule has 2 N–H and O–H groups in total. The van der Waals surface area contributed by atoms with Gasteiger partial charge in [0.15, 0.2) is 0 Å². The number of ether oxygens (including phenoxy) is 1. The van der Waals surface area contributed by atoms with Crippen LogP contribution < -0.4 is 10.5 Å². The Morgan fingerprint density at radius 3 is 2.33 bits per heavy atom. The van der Waals surface area contributed by atoms with Crippen LogP contribution in [0.5, 0.6) is 5.75 Å². The number of amides is 2. The Bertz CT molecular complexity index is 469. The summed E-state index contributed by atoms with van der Waals surface area (Å²) in [6, 6.07) is 7.31. The van der Waals surface area contributed by atoms with Crippen LogP contribution in [0.1, 0.15) is 38.5 Å². The summed E-state index contributed by atoms with van der Waals surface area (Å²) in [5, 5.41) is 0. The topological polar surface area (TPSA) is 72.6 Å². The molecule has 0 spiro atoms. The molecule has 1 aliphatic rings. The summed E-state index contributed by atoms with van der Waals surface area (Å²) in [6.45, 7) is 1.17. The summed E-state index contributed by atoms with van der Waals surface area (Å²) in [5.74, 6) is 0.763. The highest BCUT2D eigenvalue weighted by atomic mass is 16.5. The van der Waals surface area contributed by atoms with E-state index in [0.29, 0.717) is 32.4 Å². The Morgan fingerprint density at radius 1 is 1.00 bits per heavy atom. The number of imide groups is 1. The fourth-order valence-electron chi connectivity index (χ4n) is 2.35. The minimum Gasteiger partial charge on any atom is -0.494 e. The van der Waals surface area contributed by atoms with Crippen molar-refractivity contribution in [3.05, 3.63) is 24.3 Å². The van der Waals surface area contributed by atoms with Gasteiger partial charge >= 0.3 is 0 Å². The number of rotatable bonds is 7. The molecule has 2 rings (SSSR count). The van der Waals surface area contributed by atoms with E-state index in [1.807, 2.05) is 24.3 Å². The number of piperidine rings is 1. The summed E-state index contributed by atoms with van der Waals surface area (Å²) >= 11 is 0. The van der Waals surface area contributed by atoms with E-state index in [-0.39, 0.29) is 11.8 Å². The van der Waals surface area contributed by atoms with Gasteiger partial charge in [0.25, 0.3) is 0 Å². The third kappa shape index (κ3) is 4.77. The van der Waals surface area contributed by atoms with Crippen molar-refractivity contribution in [1.82, 2.24) is 4.90 Å². The van der Waals surface area contributed by atoms with Gasteiger partial charge in [-0.2, -0.15) is 0 Å². The fraction of sp³-hybridized carbons (Fsp3) is 0.500. The second-order valence-corrected chi connectivity index (χ2v) is 5.27. The molecule has 114 valence electrons. The molecule has 0 aromatic heterocycles. The smallest absolute Gasteiger partial charge is 0.229 e. The Hall–Kier alpha value is -2.04.